The average Bonchev–Trinajstić information content (AvgIpc) is 2.51. The number of halogens is 1. The number of carbonyl (C=O) groups excluding carboxylic acids is 1. The van der Waals surface area contributed by atoms with Crippen molar-refractivity contribution >= 4 is 27.5 Å². The van der Waals surface area contributed by atoms with Crippen molar-refractivity contribution in [2.75, 3.05) is 18.5 Å². The molecule has 7 heteroatoms. The summed E-state index contributed by atoms with van der Waals surface area (Å²) in [6.07, 6.45) is 1.49. The van der Waals surface area contributed by atoms with Crippen LogP contribution in [0.1, 0.15) is 6.92 Å². The number of pyridine rings is 1. The van der Waals surface area contributed by atoms with Crippen LogP contribution < -0.4 is 20.3 Å². The fraction of sp³-hybridized carbons (Fsp3) is 0.200. The molecule has 0 spiro atoms. The fourth-order valence-corrected chi connectivity index (χ4v) is 2.03. The number of ether oxygens (including phenoxy) is 2. The van der Waals surface area contributed by atoms with Gasteiger partial charge < -0.3 is 19.8 Å². The number of carbonyl (C=O) groups is 1. The van der Waals surface area contributed by atoms with Crippen LogP contribution in [0.5, 0.6) is 11.5 Å². The molecule has 0 unspecified atom stereocenters. The van der Waals surface area contributed by atoms with E-state index in [4.69, 9.17) is 9.47 Å². The summed E-state index contributed by atoms with van der Waals surface area (Å²) in [5.74, 6) is 0.860. The number of aromatic amines is 1. The molecule has 0 radical (unpaired) electrons. The largest absolute Gasteiger partial charge is 0.494 e. The SMILES string of the molecule is CCOc1ccc(OCC(=O)Nc2cc(Br)c[nH]c2=O)cc1. The van der Waals surface area contributed by atoms with E-state index in [2.05, 4.69) is 26.2 Å². The zero-order valence-electron chi connectivity index (χ0n) is 11.9. The molecular formula is C15H15BrN2O4. The maximum absolute atomic E-state index is 11.8. The standard InChI is InChI=1S/C15H15BrN2O4/c1-2-21-11-3-5-12(6-4-11)22-9-14(19)18-13-7-10(16)8-17-15(13)20/h3-8H,2,9H2,1H3,(H,17,20)(H,18,19). The van der Waals surface area contributed by atoms with Gasteiger partial charge in [0.1, 0.15) is 17.2 Å². The second-order valence-electron chi connectivity index (χ2n) is 4.30. The molecule has 1 amide bonds. The number of nitrogens with one attached hydrogen (secondary N) is 2. The summed E-state index contributed by atoms with van der Waals surface area (Å²) < 4.78 is 11.3. The van der Waals surface area contributed by atoms with E-state index in [9.17, 15) is 9.59 Å². The van der Waals surface area contributed by atoms with Gasteiger partial charge in [-0.1, -0.05) is 0 Å². The minimum Gasteiger partial charge on any atom is -0.494 e. The molecule has 2 rings (SSSR count). The average molecular weight is 367 g/mol. The van der Waals surface area contributed by atoms with E-state index in [1.165, 1.54) is 12.3 Å². The fourth-order valence-electron chi connectivity index (χ4n) is 1.68. The van der Waals surface area contributed by atoms with Crippen molar-refractivity contribution in [2.45, 2.75) is 6.92 Å². The van der Waals surface area contributed by atoms with E-state index < -0.39 is 5.91 Å². The Morgan fingerprint density at radius 3 is 2.50 bits per heavy atom. The maximum Gasteiger partial charge on any atom is 0.271 e. The van der Waals surface area contributed by atoms with Gasteiger partial charge in [0, 0.05) is 10.7 Å². The molecule has 0 aliphatic rings. The molecule has 1 aromatic carbocycles. The minimum atomic E-state index is -0.419. The van der Waals surface area contributed by atoms with Crippen LogP contribution in [0.3, 0.4) is 0 Å². The molecule has 0 aliphatic heterocycles. The van der Waals surface area contributed by atoms with E-state index in [1.54, 1.807) is 24.3 Å². The summed E-state index contributed by atoms with van der Waals surface area (Å²) in [6.45, 7) is 2.29. The molecule has 22 heavy (non-hydrogen) atoms. The molecule has 1 heterocycles. The van der Waals surface area contributed by atoms with Crippen molar-refractivity contribution in [2.24, 2.45) is 0 Å². The molecule has 0 atom stereocenters. The first kappa shape index (κ1) is 16.1. The molecule has 2 N–H and O–H groups in total. The molecule has 0 aliphatic carbocycles. The highest BCUT2D eigenvalue weighted by atomic mass is 79.9. The van der Waals surface area contributed by atoms with Crippen molar-refractivity contribution in [1.29, 1.82) is 0 Å². The normalized spacial score (nSPS) is 10.1. The second-order valence-corrected chi connectivity index (χ2v) is 5.22. The second kappa shape index (κ2) is 7.65. The van der Waals surface area contributed by atoms with Gasteiger partial charge in [0.15, 0.2) is 6.61 Å². The van der Waals surface area contributed by atoms with Crippen LogP contribution >= 0.6 is 15.9 Å². The van der Waals surface area contributed by atoms with Gasteiger partial charge in [-0.3, -0.25) is 9.59 Å². The van der Waals surface area contributed by atoms with E-state index in [0.717, 1.165) is 5.75 Å². The highest BCUT2D eigenvalue weighted by Gasteiger charge is 2.07. The molecule has 0 saturated heterocycles. The van der Waals surface area contributed by atoms with Gasteiger partial charge in [0.25, 0.3) is 11.5 Å². The Morgan fingerprint density at radius 1 is 1.23 bits per heavy atom. The Labute approximate surface area is 135 Å². The quantitative estimate of drug-likeness (QED) is 0.823. The van der Waals surface area contributed by atoms with Gasteiger partial charge in [-0.15, -0.1) is 0 Å². The smallest absolute Gasteiger partial charge is 0.271 e. The molecule has 0 bridgehead atoms. The number of H-pyrrole nitrogens is 1. The summed E-state index contributed by atoms with van der Waals surface area (Å²) in [5, 5.41) is 2.49. The lowest BCUT2D eigenvalue weighted by atomic mass is 10.3. The van der Waals surface area contributed by atoms with Crippen molar-refractivity contribution < 1.29 is 14.3 Å². The number of anilines is 1. The van der Waals surface area contributed by atoms with E-state index >= 15 is 0 Å². The predicted octanol–water partition coefficient (Wildman–Crippen LogP) is 2.55. The Morgan fingerprint density at radius 2 is 1.86 bits per heavy atom. The highest BCUT2D eigenvalue weighted by molar-refractivity contribution is 9.10. The van der Waals surface area contributed by atoms with Crippen LogP contribution in [0, 0.1) is 0 Å². The Bertz CT molecular complexity index is 697. The Kier molecular flexibility index (Phi) is 5.60. The minimum absolute atomic E-state index is 0.162. The molecule has 6 nitrogen and oxygen atoms in total. The number of benzene rings is 1. The Hall–Kier alpha value is -2.28. The topological polar surface area (TPSA) is 80.4 Å². The number of amides is 1. The van der Waals surface area contributed by atoms with E-state index in [0.29, 0.717) is 16.8 Å². The van der Waals surface area contributed by atoms with E-state index in [-0.39, 0.29) is 17.9 Å². The van der Waals surface area contributed by atoms with Gasteiger partial charge in [-0.2, -0.15) is 0 Å². The van der Waals surface area contributed by atoms with Crippen LogP contribution in [0.2, 0.25) is 0 Å². The third kappa shape index (κ3) is 4.63. The third-order valence-corrected chi connectivity index (χ3v) is 3.10. The summed E-state index contributed by atoms with van der Waals surface area (Å²) in [7, 11) is 0. The molecule has 1 aromatic heterocycles. The van der Waals surface area contributed by atoms with Crippen molar-refractivity contribution in [3.63, 3.8) is 0 Å². The maximum atomic E-state index is 11.8. The summed E-state index contributed by atoms with van der Waals surface area (Å²) >= 11 is 3.22. The van der Waals surface area contributed by atoms with Crippen LogP contribution in [0.25, 0.3) is 0 Å². The molecule has 0 saturated carbocycles. The van der Waals surface area contributed by atoms with E-state index in [1.807, 2.05) is 6.92 Å². The van der Waals surface area contributed by atoms with Crippen molar-refractivity contribution in [3.8, 4) is 11.5 Å². The first-order valence-electron chi connectivity index (χ1n) is 6.62. The van der Waals surface area contributed by atoms with Crippen molar-refractivity contribution in [3.05, 3.63) is 51.4 Å². The van der Waals surface area contributed by atoms with Gasteiger partial charge in [-0.05, 0) is 53.2 Å². The molecule has 0 fully saturated rings. The highest BCUT2D eigenvalue weighted by Crippen LogP contribution is 2.17. The summed E-state index contributed by atoms with van der Waals surface area (Å²) in [4.78, 5) is 25.8. The number of rotatable bonds is 6. The number of aromatic nitrogens is 1. The van der Waals surface area contributed by atoms with Crippen molar-refractivity contribution in [1.82, 2.24) is 4.98 Å². The lowest BCUT2D eigenvalue weighted by Crippen LogP contribution is -2.24. The zero-order valence-corrected chi connectivity index (χ0v) is 13.5. The van der Waals surface area contributed by atoms with Crippen LogP contribution in [-0.2, 0) is 4.79 Å². The van der Waals surface area contributed by atoms with Gasteiger partial charge >= 0.3 is 0 Å². The molecule has 116 valence electrons. The summed E-state index contributed by atoms with van der Waals surface area (Å²) in [5.41, 5.74) is -0.215. The first-order chi connectivity index (χ1) is 10.6. The Balaban J connectivity index is 1.89. The van der Waals surface area contributed by atoms with Crippen LogP contribution in [0.4, 0.5) is 5.69 Å². The number of hydrogen-bond acceptors (Lipinski definition) is 4. The molecular weight excluding hydrogens is 352 g/mol. The predicted molar refractivity (Wildman–Crippen MR) is 86.5 cm³/mol. The third-order valence-electron chi connectivity index (χ3n) is 2.65. The monoisotopic (exact) mass is 366 g/mol. The molecule has 2 aromatic rings. The van der Waals surface area contributed by atoms with Gasteiger partial charge in [0.05, 0.1) is 6.61 Å². The van der Waals surface area contributed by atoms with Crippen LogP contribution in [0.15, 0.2) is 45.8 Å². The van der Waals surface area contributed by atoms with Gasteiger partial charge in [-0.25, -0.2) is 0 Å². The van der Waals surface area contributed by atoms with Crippen LogP contribution in [-0.4, -0.2) is 24.1 Å². The first-order valence-corrected chi connectivity index (χ1v) is 7.41. The number of hydrogen-bond donors (Lipinski definition) is 2. The van der Waals surface area contributed by atoms with Gasteiger partial charge in [0.2, 0.25) is 0 Å². The zero-order chi connectivity index (χ0) is 15.9. The lowest BCUT2D eigenvalue weighted by Gasteiger charge is -2.08. The lowest BCUT2D eigenvalue weighted by molar-refractivity contribution is -0.118. The summed E-state index contributed by atoms with van der Waals surface area (Å²) in [6, 6.07) is 8.47.